The summed E-state index contributed by atoms with van der Waals surface area (Å²) in [7, 11) is 0. The van der Waals surface area contributed by atoms with Crippen LogP contribution >= 0.6 is 15.9 Å². The maximum atomic E-state index is 12.8. The van der Waals surface area contributed by atoms with E-state index in [4.69, 9.17) is 4.74 Å². The first kappa shape index (κ1) is 20.7. The molecule has 8 heteroatoms. The number of halogens is 1. The van der Waals surface area contributed by atoms with Crippen LogP contribution < -0.4 is 4.90 Å². The summed E-state index contributed by atoms with van der Waals surface area (Å²) in [4.78, 5) is 34.8. The van der Waals surface area contributed by atoms with Gasteiger partial charge >= 0.3 is 12.1 Å². The highest BCUT2D eigenvalue weighted by molar-refractivity contribution is 9.10. The molecule has 0 radical (unpaired) electrons. The van der Waals surface area contributed by atoms with Crippen molar-refractivity contribution in [3.8, 4) is 0 Å². The maximum absolute atomic E-state index is 12.8. The van der Waals surface area contributed by atoms with Crippen LogP contribution in [0.2, 0.25) is 0 Å². The Balaban J connectivity index is 1.22. The van der Waals surface area contributed by atoms with Crippen molar-refractivity contribution in [3.05, 3.63) is 58.7 Å². The smallest absolute Gasteiger partial charge is 0.410 e. The minimum absolute atomic E-state index is 0.00882. The molecule has 3 amide bonds. The molecule has 2 aliphatic heterocycles. The highest BCUT2D eigenvalue weighted by atomic mass is 79.9. The molecule has 2 fully saturated rings. The molecule has 0 bridgehead atoms. The van der Waals surface area contributed by atoms with Gasteiger partial charge in [-0.05, 0) is 52.4 Å². The third kappa shape index (κ3) is 4.92. The van der Waals surface area contributed by atoms with Gasteiger partial charge in [0.25, 0.3) is 0 Å². The topological polar surface area (TPSA) is 66.0 Å². The first-order valence-electron chi connectivity index (χ1n) is 10.2. The molecule has 3 heterocycles. The highest BCUT2D eigenvalue weighted by Crippen LogP contribution is 2.24. The zero-order chi connectivity index (χ0) is 20.9. The van der Waals surface area contributed by atoms with E-state index < -0.39 is 0 Å². The number of urea groups is 1. The van der Waals surface area contributed by atoms with Gasteiger partial charge in [0.15, 0.2) is 0 Å². The lowest BCUT2D eigenvalue weighted by Crippen LogP contribution is -2.42. The lowest BCUT2D eigenvalue weighted by atomic mass is 9.96. The number of rotatable bonds is 5. The van der Waals surface area contributed by atoms with Crippen molar-refractivity contribution in [2.24, 2.45) is 5.92 Å². The minimum atomic E-state index is -0.262. The number of ether oxygens (including phenoxy) is 1. The van der Waals surface area contributed by atoms with E-state index in [9.17, 15) is 9.59 Å². The summed E-state index contributed by atoms with van der Waals surface area (Å²) < 4.78 is 6.32. The molecule has 4 rings (SSSR count). The van der Waals surface area contributed by atoms with E-state index in [1.807, 2.05) is 47.4 Å². The third-order valence-corrected chi connectivity index (χ3v) is 6.11. The lowest BCUT2D eigenvalue weighted by molar-refractivity contribution is 0.0794. The second kappa shape index (κ2) is 9.47. The van der Waals surface area contributed by atoms with E-state index in [0.717, 1.165) is 29.4 Å². The van der Waals surface area contributed by atoms with Gasteiger partial charge in [-0.2, -0.15) is 0 Å². The van der Waals surface area contributed by atoms with Crippen LogP contribution in [0.4, 0.5) is 15.4 Å². The summed E-state index contributed by atoms with van der Waals surface area (Å²) in [6, 6.07) is 13.4. The van der Waals surface area contributed by atoms with E-state index in [1.54, 1.807) is 16.0 Å². The number of hydrogen-bond donors (Lipinski definition) is 0. The Labute approximate surface area is 184 Å². The number of amides is 3. The number of benzene rings is 1. The van der Waals surface area contributed by atoms with Crippen LogP contribution in [-0.4, -0.2) is 59.6 Å². The Morgan fingerprint density at radius 2 is 1.83 bits per heavy atom. The second-order valence-corrected chi connectivity index (χ2v) is 8.60. The van der Waals surface area contributed by atoms with Gasteiger partial charge in [0, 0.05) is 43.4 Å². The summed E-state index contributed by atoms with van der Waals surface area (Å²) >= 11 is 3.37. The van der Waals surface area contributed by atoms with Crippen molar-refractivity contribution >= 4 is 33.9 Å². The molecule has 0 atom stereocenters. The molecule has 1 aromatic carbocycles. The zero-order valence-electron chi connectivity index (χ0n) is 16.7. The number of nitrogens with zero attached hydrogens (tertiary/aromatic N) is 4. The van der Waals surface area contributed by atoms with Crippen molar-refractivity contribution in [1.29, 1.82) is 0 Å². The molecule has 30 heavy (non-hydrogen) atoms. The van der Waals surface area contributed by atoms with Gasteiger partial charge in [0.2, 0.25) is 0 Å². The van der Waals surface area contributed by atoms with Crippen molar-refractivity contribution in [2.75, 3.05) is 37.6 Å². The van der Waals surface area contributed by atoms with Crippen LogP contribution in [0.3, 0.4) is 0 Å². The number of piperidine rings is 1. The summed E-state index contributed by atoms with van der Waals surface area (Å²) in [6.45, 7) is 3.70. The largest absolute Gasteiger partial charge is 0.445 e. The lowest BCUT2D eigenvalue weighted by Gasteiger charge is -2.33. The number of anilines is 1. The Hall–Kier alpha value is -2.61. The summed E-state index contributed by atoms with van der Waals surface area (Å²) in [5.74, 6) is 1.08. The maximum Gasteiger partial charge on any atom is 0.410 e. The minimum Gasteiger partial charge on any atom is -0.445 e. The van der Waals surface area contributed by atoms with Gasteiger partial charge in [-0.15, -0.1) is 0 Å². The number of hydrogen-bond acceptors (Lipinski definition) is 4. The average molecular weight is 473 g/mol. The number of aromatic nitrogens is 1. The standard InChI is InChI=1S/C22H25BrN4O3/c23-19-6-7-20(24-14-19)27-13-12-26(21(27)28)15-17-8-10-25(11-9-17)22(29)30-16-18-4-2-1-3-5-18/h1-7,14,17H,8-13,15-16H2. The molecule has 0 saturated carbocycles. The SMILES string of the molecule is O=C(OCc1ccccc1)N1CCC(CN2CCN(c3ccc(Br)cn3)C2=O)CC1. The quantitative estimate of drug-likeness (QED) is 0.655. The average Bonchev–Trinajstić information content (AvgIpc) is 3.14. The molecule has 158 valence electrons. The zero-order valence-corrected chi connectivity index (χ0v) is 18.3. The molecule has 7 nitrogen and oxygen atoms in total. The number of pyridine rings is 1. The first-order valence-corrected chi connectivity index (χ1v) is 11.0. The predicted octanol–water partition coefficient (Wildman–Crippen LogP) is 4.13. The van der Waals surface area contributed by atoms with Crippen LogP contribution in [0.1, 0.15) is 18.4 Å². The van der Waals surface area contributed by atoms with Crippen LogP contribution in [0.5, 0.6) is 0 Å². The van der Waals surface area contributed by atoms with Crippen LogP contribution in [-0.2, 0) is 11.3 Å². The summed E-state index contributed by atoms with van der Waals surface area (Å²) in [5.41, 5.74) is 0.984. The van der Waals surface area contributed by atoms with Crippen molar-refractivity contribution in [2.45, 2.75) is 19.4 Å². The summed E-state index contributed by atoms with van der Waals surface area (Å²) in [6.07, 6.45) is 3.20. The highest BCUT2D eigenvalue weighted by Gasteiger charge is 2.33. The van der Waals surface area contributed by atoms with E-state index in [2.05, 4.69) is 20.9 Å². The van der Waals surface area contributed by atoms with E-state index in [0.29, 0.717) is 44.5 Å². The van der Waals surface area contributed by atoms with Crippen molar-refractivity contribution in [3.63, 3.8) is 0 Å². The Bertz CT molecular complexity index is 870. The molecule has 2 aromatic rings. The molecule has 0 spiro atoms. The Kier molecular flexibility index (Phi) is 6.52. The number of carbonyl (C=O) groups is 2. The Morgan fingerprint density at radius 1 is 1.07 bits per heavy atom. The van der Waals surface area contributed by atoms with E-state index >= 15 is 0 Å². The molecule has 0 aliphatic carbocycles. The van der Waals surface area contributed by atoms with Crippen molar-refractivity contribution in [1.82, 2.24) is 14.8 Å². The molecule has 2 aliphatic rings. The fourth-order valence-electron chi connectivity index (χ4n) is 3.91. The monoisotopic (exact) mass is 472 g/mol. The van der Waals surface area contributed by atoms with E-state index in [-0.39, 0.29) is 12.1 Å². The van der Waals surface area contributed by atoms with Crippen molar-refractivity contribution < 1.29 is 14.3 Å². The number of carbonyl (C=O) groups excluding carboxylic acids is 2. The molecule has 0 N–H and O–H groups in total. The van der Waals surface area contributed by atoms with E-state index in [1.165, 1.54) is 0 Å². The van der Waals surface area contributed by atoms with Gasteiger partial charge < -0.3 is 14.5 Å². The normalized spacial score (nSPS) is 17.5. The second-order valence-electron chi connectivity index (χ2n) is 7.69. The van der Waals surface area contributed by atoms with Crippen LogP contribution in [0.25, 0.3) is 0 Å². The van der Waals surface area contributed by atoms with Gasteiger partial charge in [-0.3, -0.25) is 4.90 Å². The fourth-order valence-corrected chi connectivity index (χ4v) is 4.15. The van der Waals surface area contributed by atoms with Gasteiger partial charge in [-0.25, -0.2) is 14.6 Å². The third-order valence-electron chi connectivity index (χ3n) is 5.64. The van der Waals surface area contributed by atoms with Crippen LogP contribution in [0, 0.1) is 5.92 Å². The predicted molar refractivity (Wildman–Crippen MR) is 117 cm³/mol. The van der Waals surface area contributed by atoms with Crippen LogP contribution in [0.15, 0.2) is 53.1 Å². The van der Waals surface area contributed by atoms with Gasteiger partial charge in [-0.1, -0.05) is 30.3 Å². The first-order chi connectivity index (χ1) is 14.6. The molecule has 1 aromatic heterocycles. The molecular weight excluding hydrogens is 448 g/mol. The molecule has 0 unspecified atom stereocenters. The fraction of sp³-hybridized carbons (Fsp3) is 0.409. The summed E-state index contributed by atoms with van der Waals surface area (Å²) in [5, 5.41) is 0. The molecule has 2 saturated heterocycles. The number of likely N-dealkylation sites (tertiary alicyclic amines) is 1. The van der Waals surface area contributed by atoms with Gasteiger partial charge in [0.1, 0.15) is 12.4 Å². The molecular formula is C22H25BrN4O3. The van der Waals surface area contributed by atoms with Gasteiger partial charge in [0.05, 0.1) is 0 Å². The Morgan fingerprint density at radius 3 is 2.53 bits per heavy atom.